The number of carbonyl (C=O) groups is 4. The SMILES string of the molecule is C=CCOC(=O)N1c2cc(C)c(C)cc2C(=O)N2CC[C@H](O[Si](C)(C)C(C)(C)C)C2C1O.C=CCOC(=O)Nc1cc(C)c(C)cc1C(=O)N1CC[C@H](O[Si](C)(C)C(C)(C)C)[C@H]1CO. The fourth-order valence-corrected chi connectivity index (χ4v) is 10.4. The number of benzene rings is 2. The van der Waals surface area contributed by atoms with E-state index < -0.39 is 47.1 Å². The van der Waals surface area contributed by atoms with Gasteiger partial charge in [0.1, 0.15) is 19.3 Å². The monoisotopic (exact) mass is 922 g/mol. The number of anilines is 2. The summed E-state index contributed by atoms with van der Waals surface area (Å²) in [5, 5.41) is 24.4. The molecular formula is C48H74N4O10Si2. The van der Waals surface area contributed by atoms with Gasteiger partial charge in [-0.15, -0.1) is 0 Å². The smallest absolute Gasteiger partial charge is 0.416 e. The summed E-state index contributed by atoms with van der Waals surface area (Å²) in [6, 6.07) is 5.99. The van der Waals surface area contributed by atoms with Crippen LogP contribution >= 0.6 is 0 Å². The molecule has 2 saturated heterocycles. The van der Waals surface area contributed by atoms with Crippen molar-refractivity contribution >= 4 is 52.0 Å². The number of rotatable bonds is 11. The Labute approximate surface area is 383 Å². The van der Waals surface area contributed by atoms with Crippen LogP contribution in [-0.2, 0) is 18.3 Å². The van der Waals surface area contributed by atoms with Gasteiger partial charge in [0.25, 0.3) is 11.8 Å². The maximum absolute atomic E-state index is 13.6. The molecule has 4 amide bonds. The molecule has 14 nitrogen and oxygen atoms in total. The minimum absolute atomic E-state index is 0.00839. The number of likely N-dealkylation sites (tertiary alicyclic amines) is 1. The molecule has 0 spiro atoms. The molecule has 3 aliphatic heterocycles. The Kier molecular flexibility index (Phi) is 16.7. The third-order valence-corrected chi connectivity index (χ3v) is 22.7. The van der Waals surface area contributed by atoms with Crippen LogP contribution in [0.1, 0.15) is 97.4 Å². The molecule has 64 heavy (non-hydrogen) atoms. The summed E-state index contributed by atoms with van der Waals surface area (Å²) in [6.07, 6.45) is 0.970. The molecule has 5 atom stereocenters. The predicted molar refractivity (Wildman–Crippen MR) is 257 cm³/mol. The van der Waals surface area contributed by atoms with Gasteiger partial charge in [-0.05, 0) is 123 Å². The van der Waals surface area contributed by atoms with Crippen LogP contribution in [0.15, 0.2) is 49.6 Å². The molecule has 2 aromatic rings. The maximum atomic E-state index is 13.6. The lowest BCUT2D eigenvalue weighted by Crippen LogP contribution is -2.57. The number of aliphatic hydroxyl groups is 2. The zero-order chi connectivity index (χ0) is 48.3. The molecule has 0 aliphatic carbocycles. The van der Waals surface area contributed by atoms with Crippen LogP contribution in [-0.4, -0.2) is 124 Å². The summed E-state index contributed by atoms with van der Waals surface area (Å²) in [7, 11) is -4.24. The second kappa shape index (κ2) is 20.5. The van der Waals surface area contributed by atoms with Crippen molar-refractivity contribution in [3.05, 3.63) is 83.0 Å². The normalized spacial score (nSPS) is 21.3. The van der Waals surface area contributed by atoms with Gasteiger partial charge in [0.2, 0.25) is 0 Å². The Morgan fingerprint density at radius 2 is 1.31 bits per heavy atom. The highest BCUT2D eigenvalue weighted by molar-refractivity contribution is 6.74. The van der Waals surface area contributed by atoms with Gasteiger partial charge in [0, 0.05) is 13.1 Å². The summed E-state index contributed by atoms with van der Waals surface area (Å²) in [5.41, 5.74) is 5.25. The average Bonchev–Trinajstić information content (AvgIpc) is 3.78. The van der Waals surface area contributed by atoms with Crippen molar-refractivity contribution in [3.8, 4) is 0 Å². The number of aliphatic hydroxyl groups excluding tert-OH is 2. The number of nitrogens with zero attached hydrogens (tertiary/aromatic N) is 3. The first kappa shape index (κ1) is 52.3. The van der Waals surface area contributed by atoms with E-state index in [1.54, 1.807) is 34.1 Å². The van der Waals surface area contributed by atoms with Crippen LogP contribution in [0.25, 0.3) is 0 Å². The third-order valence-electron chi connectivity index (χ3n) is 13.7. The van der Waals surface area contributed by atoms with Crippen molar-refractivity contribution in [2.24, 2.45) is 0 Å². The molecule has 2 unspecified atom stereocenters. The number of amides is 4. The number of fused-ring (bicyclic) bond motifs is 2. The van der Waals surface area contributed by atoms with Gasteiger partial charge in [-0.1, -0.05) is 66.9 Å². The molecule has 2 aromatic carbocycles. The van der Waals surface area contributed by atoms with Crippen LogP contribution in [0.2, 0.25) is 36.3 Å². The number of hydrogen-bond acceptors (Lipinski definition) is 10. The van der Waals surface area contributed by atoms with Crippen LogP contribution in [0.4, 0.5) is 21.0 Å². The fraction of sp³-hybridized carbons (Fsp3) is 0.583. The van der Waals surface area contributed by atoms with Gasteiger partial charge < -0.3 is 38.3 Å². The van der Waals surface area contributed by atoms with Crippen molar-refractivity contribution < 1.29 is 47.7 Å². The molecule has 0 bridgehead atoms. The van der Waals surface area contributed by atoms with E-state index in [9.17, 15) is 29.4 Å². The lowest BCUT2D eigenvalue weighted by atomic mass is 10.0. The third kappa shape index (κ3) is 11.4. The quantitative estimate of drug-likeness (QED) is 0.146. The Balaban J connectivity index is 0.000000281. The number of nitrogens with one attached hydrogen (secondary N) is 1. The largest absolute Gasteiger partial charge is 0.445 e. The highest BCUT2D eigenvalue weighted by Gasteiger charge is 2.52. The van der Waals surface area contributed by atoms with Crippen molar-refractivity contribution in [2.75, 3.05) is 43.1 Å². The first-order valence-corrected chi connectivity index (χ1v) is 28.0. The van der Waals surface area contributed by atoms with Gasteiger partial charge in [-0.25, -0.2) is 14.5 Å². The summed E-state index contributed by atoms with van der Waals surface area (Å²) in [6.45, 7) is 37.3. The molecule has 0 aromatic heterocycles. The number of carbonyl (C=O) groups excluding carboxylic acids is 4. The maximum Gasteiger partial charge on any atom is 0.416 e. The molecule has 0 radical (unpaired) electrons. The topological polar surface area (TPSA) is 167 Å². The summed E-state index contributed by atoms with van der Waals surface area (Å²) < 4.78 is 23.5. The van der Waals surface area contributed by atoms with Gasteiger partial charge >= 0.3 is 12.2 Å². The number of ether oxygens (including phenoxy) is 2. The average molecular weight is 923 g/mol. The van der Waals surface area contributed by atoms with Crippen molar-refractivity contribution in [2.45, 2.75) is 149 Å². The van der Waals surface area contributed by atoms with Gasteiger partial charge in [0.05, 0.1) is 47.4 Å². The van der Waals surface area contributed by atoms with Gasteiger partial charge in [-0.3, -0.25) is 14.9 Å². The Bertz CT molecular complexity index is 2080. The lowest BCUT2D eigenvalue weighted by Gasteiger charge is -2.41. The molecule has 2 fully saturated rings. The van der Waals surface area contributed by atoms with E-state index in [4.69, 9.17) is 18.3 Å². The van der Waals surface area contributed by atoms with E-state index in [1.165, 1.54) is 17.1 Å². The van der Waals surface area contributed by atoms with Gasteiger partial charge in [-0.2, -0.15) is 0 Å². The van der Waals surface area contributed by atoms with E-state index in [2.05, 4.69) is 86.2 Å². The first-order valence-electron chi connectivity index (χ1n) is 22.2. The predicted octanol–water partition coefficient (Wildman–Crippen LogP) is 9.00. The first-order chi connectivity index (χ1) is 29.6. The van der Waals surface area contributed by atoms with Crippen LogP contribution in [0, 0.1) is 27.7 Å². The Hall–Kier alpha value is -4.33. The summed E-state index contributed by atoms with van der Waals surface area (Å²) in [4.78, 5) is 56.9. The zero-order valence-corrected chi connectivity index (χ0v) is 42.7. The Morgan fingerprint density at radius 1 is 0.797 bits per heavy atom. The molecule has 5 rings (SSSR count). The zero-order valence-electron chi connectivity index (χ0n) is 40.7. The van der Waals surface area contributed by atoms with E-state index in [-0.39, 0.29) is 53.9 Å². The van der Waals surface area contributed by atoms with E-state index >= 15 is 0 Å². The highest BCUT2D eigenvalue weighted by Crippen LogP contribution is 2.43. The molecule has 16 heteroatoms. The van der Waals surface area contributed by atoms with Crippen LogP contribution < -0.4 is 10.2 Å². The van der Waals surface area contributed by atoms with E-state index in [0.29, 0.717) is 48.4 Å². The molecule has 3 N–H and O–H groups in total. The standard InChI is InChI=1S/C24H36N2O5Si.C24H38N2O5Si/c1-9-12-30-23(29)26-18-14-16(3)15(2)13-17(18)21(27)25-11-10-19(20(25)22(26)28)31-32(7,8)24(4,5)6;1-9-12-30-23(29)25-19-14-17(3)16(2)13-18(19)22(28)26-11-10-21(20(26)15-27)31-32(7,8)24(4,5)6/h9,13-14,19-20,22,28H,1,10-12H2,2-8H3;9,13-14,20-21,27H,1,10-12,15H2,2-8H3,(H,25,29)/t19-,20?,22?;20-,21+/m01/s1. The van der Waals surface area contributed by atoms with E-state index in [1.807, 2.05) is 27.7 Å². The lowest BCUT2D eigenvalue weighted by molar-refractivity contribution is 0.0189. The summed E-state index contributed by atoms with van der Waals surface area (Å²) >= 11 is 0. The second-order valence-electron chi connectivity index (χ2n) is 20.2. The molecular weight excluding hydrogens is 849 g/mol. The fourth-order valence-electron chi connectivity index (χ4n) is 7.61. The molecule has 354 valence electrons. The minimum Gasteiger partial charge on any atom is -0.445 e. The van der Waals surface area contributed by atoms with Crippen molar-refractivity contribution in [1.82, 2.24) is 9.80 Å². The number of aryl methyl sites for hydroxylation is 4. The molecule has 3 heterocycles. The van der Waals surface area contributed by atoms with Crippen molar-refractivity contribution in [3.63, 3.8) is 0 Å². The Morgan fingerprint density at radius 3 is 1.88 bits per heavy atom. The highest BCUT2D eigenvalue weighted by atomic mass is 28.4. The second-order valence-corrected chi connectivity index (χ2v) is 29.8. The van der Waals surface area contributed by atoms with Gasteiger partial charge in [0.15, 0.2) is 22.9 Å². The molecule has 3 aliphatic rings. The van der Waals surface area contributed by atoms with Crippen molar-refractivity contribution in [1.29, 1.82) is 0 Å². The van der Waals surface area contributed by atoms with Crippen LogP contribution in [0.3, 0.4) is 0 Å². The van der Waals surface area contributed by atoms with E-state index in [0.717, 1.165) is 22.3 Å². The van der Waals surface area contributed by atoms with Crippen LogP contribution in [0.5, 0.6) is 0 Å². The number of hydrogen-bond donors (Lipinski definition) is 3. The molecule has 0 saturated carbocycles. The minimum atomic E-state index is -2.18. The summed E-state index contributed by atoms with van der Waals surface area (Å²) in [5.74, 6) is -0.444.